The number of benzene rings is 2. The molecule has 0 aliphatic rings. The summed E-state index contributed by atoms with van der Waals surface area (Å²) in [6.07, 6.45) is 6.19. The minimum absolute atomic E-state index is 0.253. The minimum atomic E-state index is 0.253. The van der Waals surface area contributed by atoms with E-state index in [1.54, 1.807) is 0 Å². The van der Waals surface area contributed by atoms with E-state index < -0.39 is 0 Å². The molecule has 0 heterocycles. The van der Waals surface area contributed by atoms with E-state index in [1.165, 1.54) is 16.7 Å². The van der Waals surface area contributed by atoms with Gasteiger partial charge in [-0.25, -0.2) is 0 Å². The van der Waals surface area contributed by atoms with E-state index >= 15 is 0 Å². The molecule has 104 valence electrons. The summed E-state index contributed by atoms with van der Waals surface area (Å²) < 4.78 is 0. The average molecular weight is 266 g/mol. The van der Waals surface area contributed by atoms with Crippen LogP contribution in [0.5, 0.6) is 0 Å². The Kier molecular flexibility index (Phi) is 6.07. The van der Waals surface area contributed by atoms with Crippen LogP contribution in [-0.2, 0) is 6.42 Å². The lowest BCUT2D eigenvalue weighted by atomic mass is 9.99. The molecule has 0 aliphatic heterocycles. The molecule has 0 radical (unpaired) electrons. The molecule has 2 rings (SSSR count). The van der Waals surface area contributed by atoms with Gasteiger partial charge in [-0.1, -0.05) is 66.7 Å². The fraction of sp³-hybridized carbons (Fsp3) is 0.263. The highest BCUT2D eigenvalue weighted by molar-refractivity contribution is 5.65. The Morgan fingerprint density at radius 1 is 0.900 bits per heavy atom. The van der Waals surface area contributed by atoms with Gasteiger partial charge in [0.25, 0.3) is 0 Å². The van der Waals surface area contributed by atoms with Gasteiger partial charge >= 0.3 is 0 Å². The van der Waals surface area contributed by atoms with Gasteiger partial charge in [0.1, 0.15) is 0 Å². The second kappa shape index (κ2) is 8.34. The maximum Gasteiger partial charge on any atom is 0.0434 e. The molecule has 1 heteroatoms. The number of rotatable bonds is 7. The van der Waals surface area contributed by atoms with Crippen LogP contribution in [0.25, 0.3) is 5.57 Å². The van der Waals surface area contributed by atoms with Gasteiger partial charge in [-0.15, -0.1) is 0 Å². The smallest absolute Gasteiger partial charge is 0.0434 e. The molecule has 0 amide bonds. The lowest BCUT2D eigenvalue weighted by Crippen LogP contribution is -1.90. The third kappa shape index (κ3) is 4.67. The van der Waals surface area contributed by atoms with Gasteiger partial charge in [0, 0.05) is 6.61 Å². The Morgan fingerprint density at radius 3 is 2.20 bits per heavy atom. The Morgan fingerprint density at radius 2 is 1.55 bits per heavy atom. The summed E-state index contributed by atoms with van der Waals surface area (Å²) in [7, 11) is 0. The first-order chi connectivity index (χ1) is 9.90. The van der Waals surface area contributed by atoms with Crippen molar-refractivity contribution in [3.05, 3.63) is 77.9 Å². The summed E-state index contributed by atoms with van der Waals surface area (Å²) >= 11 is 0. The van der Waals surface area contributed by atoms with Gasteiger partial charge in [-0.05, 0) is 42.4 Å². The molecule has 0 atom stereocenters. The van der Waals surface area contributed by atoms with Crippen molar-refractivity contribution in [3.8, 4) is 0 Å². The van der Waals surface area contributed by atoms with E-state index in [4.69, 9.17) is 5.11 Å². The van der Waals surface area contributed by atoms with E-state index in [9.17, 15) is 0 Å². The quantitative estimate of drug-likeness (QED) is 0.783. The first-order valence-corrected chi connectivity index (χ1v) is 7.29. The predicted molar refractivity (Wildman–Crippen MR) is 85.5 cm³/mol. The van der Waals surface area contributed by atoms with Gasteiger partial charge in [0.2, 0.25) is 0 Å². The maximum absolute atomic E-state index is 9.04. The summed E-state index contributed by atoms with van der Waals surface area (Å²) in [6.45, 7) is 0.253. The van der Waals surface area contributed by atoms with Crippen LogP contribution in [0, 0.1) is 0 Å². The maximum atomic E-state index is 9.04. The lowest BCUT2D eigenvalue weighted by molar-refractivity contribution is 0.290. The second-order valence-corrected chi connectivity index (χ2v) is 4.95. The van der Waals surface area contributed by atoms with Gasteiger partial charge in [0.05, 0.1) is 0 Å². The minimum Gasteiger partial charge on any atom is -0.396 e. The molecule has 0 bridgehead atoms. The zero-order valence-corrected chi connectivity index (χ0v) is 11.8. The first kappa shape index (κ1) is 14.5. The third-order valence-electron chi connectivity index (χ3n) is 3.42. The van der Waals surface area contributed by atoms with Crippen molar-refractivity contribution in [1.82, 2.24) is 0 Å². The summed E-state index contributed by atoms with van der Waals surface area (Å²) in [5.74, 6) is 0. The Bertz CT molecular complexity index is 514. The molecular formula is C19H22O. The molecule has 20 heavy (non-hydrogen) atoms. The van der Waals surface area contributed by atoms with Crippen LogP contribution in [0.1, 0.15) is 30.4 Å². The Balaban J connectivity index is 2.01. The molecule has 0 aromatic heterocycles. The summed E-state index contributed by atoms with van der Waals surface area (Å²) in [5.41, 5.74) is 3.99. The van der Waals surface area contributed by atoms with Crippen molar-refractivity contribution >= 4 is 5.57 Å². The fourth-order valence-corrected chi connectivity index (χ4v) is 2.34. The Hall–Kier alpha value is -1.86. The van der Waals surface area contributed by atoms with Gasteiger partial charge < -0.3 is 5.11 Å². The molecule has 1 N–H and O–H groups in total. The highest BCUT2D eigenvalue weighted by atomic mass is 16.2. The molecule has 2 aromatic carbocycles. The normalized spacial score (nSPS) is 11.6. The SMILES string of the molecule is OCCC/C(=C/CCc1ccccc1)c1ccccc1. The van der Waals surface area contributed by atoms with E-state index in [1.807, 2.05) is 6.07 Å². The van der Waals surface area contributed by atoms with Crippen LogP contribution in [-0.4, -0.2) is 11.7 Å². The Labute approximate surface area is 121 Å². The summed E-state index contributed by atoms with van der Waals surface area (Å²) in [6, 6.07) is 21.0. The monoisotopic (exact) mass is 266 g/mol. The summed E-state index contributed by atoms with van der Waals surface area (Å²) in [5, 5.41) is 9.04. The third-order valence-corrected chi connectivity index (χ3v) is 3.42. The van der Waals surface area contributed by atoms with Crippen LogP contribution in [0.3, 0.4) is 0 Å². The molecule has 0 saturated carbocycles. The van der Waals surface area contributed by atoms with Crippen LogP contribution in [0.4, 0.5) is 0 Å². The number of hydrogen-bond acceptors (Lipinski definition) is 1. The molecule has 0 spiro atoms. The fourth-order valence-electron chi connectivity index (χ4n) is 2.34. The molecule has 0 saturated heterocycles. The van der Waals surface area contributed by atoms with Gasteiger partial charge in [-0.2, -0.15) is 0 Å². The average Bonchev–Trinajstić information content (AvgIpc) is 2.52. The van der Waals surface area contributed by atoms with Crippen molar-refractivity contribution in [2.75, 3.05) is 6.61 Å². The van der Waals surface area contributed by atoms with Crippen molar-refractivity contribution in [3.63, 3.8) is 0 Å². The molecule has 1 nitrogen and oxygen atoms in total. The molecule has 2 aromatic rings. The number of hydrogen-bond donors (Lipinski definition) is 1. The van der Waals surface area contributed by atoms with Crippen molar-refractivity contribution in [1.29, 1.82) is 0 Å². The largest absolute Gasteiger partial charge is 0.396 e. The molecule has 0 fully saturated rings. The predicted octanol–water partition coefficient (Wildman–Crippen LogP) is 4.48. The highest BCUT2D eigenvalue weighted by Crippen LogP contribution is 2.20. The lowest BCUT2D eigenvalue weighted by Gasteiger charge is -2.07. The topological polar surface area (TPSA) is 20.2 Å². The highest BCUT2D eigenvalue weighted by Gasteiger charge is 2.01. The zero-order valence-electron chi connectivity index (χ0n) is 11.8. The number of aliphatic hydroxyl groups excluding tert-OH is 1. The van der Waals surface area contributed by atoms with E-state index in [2.05, 4.69) is 60.7 Å². The second-order valence-electron chi connectivity index (χ2n) is 4.95. The number of aryl methyl sites for hydroxylation is 1. The van der Waals surface area contributed by atoms with E-state index in [-0.39, 0.29) is 6.61 Å². The van der Waals surface area contributed by atoms with Crippen LogP contribution >= 0.6 is 0 Å². The standard InChI is InChI=1S/C19H22O/c20-16-8-15-19(18-12-5-2-6-13-18)14-7-11-17-9-3-1-4-10-17/h1-6,9-10,12-14,20H,7-8,11,15-16H2/b19-14-. The van der Waals surface area contributed by atoms with Crippen LogP contribution in [0.2, 0.25) is 0 Å². The molecule has 0 aliphatic carbocycles. The summed E-state index contributed by atoms with van der Waals surface area (Å²) in [4.78, 5) is 0. The first-order valence-electron chi connectivity index (χ1n) is 7.29. The van der Waals surface area contributed by atoms with Crippen LogP contribution in [0.15, 0.2) is 66.7 Å². The van der Waals surface area contributed by atoms with Crippen LogP contribution < -0.4 is 0 Å². The van der Waals surface area contributed by atoms with E-state index in [0.717, 1.165) is 25.7 Å². The molecule has 0 unspecified atom stereocenters. The van der Waals surface area contributed by atoms with Crippen molar-refractivity contribution in [2.45, 2.75) is 25.7 Å². The number of aliphatic hydroxyl groups is 1. The van der Waals surface area contributed by atoms with E-state index in [0.29, 0.717) is 0 Å². The van der Waals surface area contributed by atoms with Gasteiger partial charge in [-0.3, -0.25) is 0 Å². The molecular weight excluding hydrogens is 244 g/mol. The van der Waals surface area contributed by atoms with Crippen molar-refractivity contribution < 1.29 is 5.11 Å². The van der Waals surface area contributed by atoms with Crippen molar-refractivity contribution in [2.24, 2.45) is 0 Å². The van der Waals surface area contributed by atoms with Gasteiger partial charge in [0.15, 0.2) is 0 Å². The number of allylic oxidation sites excluding steroid dienone is 2. The zero-order chi connectivity index (χ0) is 14.0.